The Morgan fingerprint density at radius 3 is 2.07 bits per heavy atom. The molecule has 0 nitrogen and oxygen atoms in total. The van der Waals surface area contributed by atoms with Crippen molar-refractivity contribution in [3.05, 3.63) is 11.1 Å². The molecule has 5 aliphatic carbocycles. The van der Waals surface area contributed by atoms with E-state index in [4.69, 9.17) is 0 Å². The van der Waals surface area contributed by atoms with Crippen LogP contribution in [0.4, 0.5) is 0 Å². The van der Waals surface area contributed by atoms with E-state index >= 15 is 0 Å². The Morgan fingerprint density at radius 1 is 0.633 bits per heavy atom. The van der Waals surface area contributed by atoms with Crippen molar-refractivity contribution in [2.45, 2.75) is 132 Å². The zero-order chi connectivity index (χ0) is 21.8. The minimum absolute atomic E-state index is 0.452. The highest BCUT2D eigenvalue weighted by atomic mass is 14.7. The van der Waals surface area contributed by atoms with Crippen molar-refractivity contribution in [1.29, 1.82) is 0 Å². The van der Waals surface area contributed by atoms with Crippen LogP contribution in [0.15, 0.2) is 11.1 Å². The fraction of sp³-hybridized carbons (Fsp3) is 0.933. The maximum Gasteiger partial charge on any atom is -0.00566 e. The van der Waals surface area contributed by atoms with Gasteiger partial charge in [-0.15, -0.1) is 0 Å². The van der Waals surface area contributed by atoms with Gasteiger partial charge in [0.05, 0.1) is 0 Å². The lowest BCUT2D eigenvalue weighted by atomic mass is 9.34. The molecule has 0 heterocycles. The summed E-state index contributed by atoms with van der Waals surface area (Å²) in [7, 11) is 0. The van der Waals surface area contributed by atoms with Crippen LogP contribution < -0.4 is 0 Å². The lowest BCUT2D eigenvalue weighted by Crippen LogP contribution is -2.62. The van der Waals surface area contributed by atoms with Crippen molar-refractivity contribution in [3.63, 3.8) is 0 Å². The van der Waals surface area contributed by atoms with E-state index < -0.39 is 0 Å². The first-order chi connectivity index (χ1) is 13.8. The van der Waals surface area contributed by atoms with Gasteiger partial charge in [0.2, 0.25) is 0 Å². The highest BCUT2D eigenvalue weighted by Crippen LogP contribution is 2.75. The Hall–Kier alpha value is -0.260. The van der Waals surface area contributed by atoms with Gasteiger partial charge in [0.25, 0.3) is 0 Å². The van der Waals surface area contributed by atoms with Crippen molar-refractivity contribution in [3.8, 4) is 0 Å². The number of hydrogen-bond donors (Lipinski definition) is 0. The molecule has 0 aromatic heterocycles. The van der Waals surface area contributed by atoms with Gasteiger partial charge < -0.3 is 0 Å². The van der Waals surface area contributed by atoms with Gasteiger partial charge >= 0.3 is 0 Å². The largest absolute Gasteiger partial charge is 0.0640 e. The Kier molecular flexibility index (Phi) is 4.46. The standard InChI is InChI=1S/C30H50/c1-25(2)16-17-27(5)18-19-29(7)21(22(27)20-25)10-11-24-28(6)14-9-13-26(3,4)23(28)12-15-30(24,29)8/h23-24H,9-20H2,1-8H3/t23-,24+,27+,28-,29+,30+/m0/s1. The van der Waals surface area contributed by atoms with Gasteiger partial charge in [-0.1, -0.05) is 73.0 Å². The van der Waals surface area contributed by atoms with Gasteiger partial charge in [-0.2, -0.15) is 0 Å². The summed E-state index contributed by atoms with van der Waals surface area (Å²) in [5, 5.41) is 0. The third kappa shape index (κ3) is 2.64. The Morgan fingerprint density at radius 2 is 1.33 bits per heavy atom. The van der Waals surface area contributed by atoms with Crippen molar-refractivity contribution in [1.82, 2.24) is 0 Å². The first kappa shape index (κ1) is 21.6. The molecule has 0 spiro atoms. The number of rotatable bonds is 0. The molecule has 0 saturated heterocycles. The molecule has 0 unspecified atom stereocenters. The molecule has 0 radical (unpaired) electrons. The quantitative estimate of drug-likeness (QED) is 0.349. The van der Waals surface area contributed by atoms with Crippen LogP contribution in [-0.4, -0.2) is 0 Å². The van der Waals surface area contributed by atoms with Crippen LogP contribution in [0.25, 0.3) is 0 Å². The topological polar surface area (TPSA) is 0 Å². The minimum Gasteiger partial charge on any atom is -0.0640 e. The molecule has 0 bridgehead atoms. The predicted molar refractivity (Wildman–Crippen MR) is 129 cm³/mol. The van der Waals surface area contributed by atoms with Crippen LogP contribution in [0, 0.1) is 44.3 Å². The molecule has 0 aliphatic heterocycles. The minimum atomic E-state index is 0.452. The number of allylic oxidation sites excluding steroid dienone is 2. The summed E-state index contributed by atoms with van der Waals surface area (Å²) in [4.78, 5) is 0. The van der Waals surface area contributed by atoms with Crippen molar-refractivity contribution >= 4 is 0 Å². The van der Waals surface area contributed by atoms with Gasteiger partial charge in [-0.25, -0.2) is 0 Å². The van der Waals surface area contributed by atoms with Gasteiger partial charge in [0, 0.05) is 0 Å². The molecule has 0 aromatic rings. The van der Waals surface area contributed by atoms with Crippen LogP contribution in [0.5, 0.6) is 0 Å². The molecular formula is C30H50. The molecule has 0 heteroatoms. The van der Waals surface area contributed by atoms with E-state index in [1.165, 1.54) is 77.0 Å². The first-order valence-electron chi connectivity index (χ1n) is 13.5. The summed E-state index contributed by atoms with van der Waals surface area (Å²) in [6, 6.07) is 0. The summed E-state index contributed by atoms with van der Waals surface area (Å²) in [5.41, 5.74) is 7.02. The Balaban J connectivity index is 1.60. The molecule has 0 N–H and O–H groups in total. The third-order valence-corrected chi connectivity index (χ3v) is 12.7. The van der Waals surface area contributed by atoms with Crippen LogP contribution in [0.3, 0.4) is 0 Å². The van der Waals surface area contributed by atoms with Crippen LogP contribution in [-0.2, 0) is 0 Å². The SMILES string of the molecule is CC1(C)CC[C@]2(C)CC[C@]3(C)C(=C2C1)CC[C@@H]1[C@@]2(C)CCCC(C)(C)[C@@H]2CC[C@]13C. The Labute approximate surface area is 188 Å². The van der Waals surface area contributed by atoms with E-state index in [-0.39, 0.29) is 0 Å². The summed E-state index contributed by atoms with van der Waals surface area (Å²) in [6.07, 6.45) is 17.4. The maximum atomic E-state index is 2.77. The molecule has 4 fully saturated rings. The van der Waals surface area contributed by atoms with Crippen LogP contribution in [0.1, 0.15) is 132 Å². The fourth-order valence-electron chi connectivity index (χ4n) is 10.6. The Bertz CT molecular complexity index is 767. The second-order valence-electron chi connectivity index (χ2n) is 15.1. The average molecular weight is 411 g/mol. The van der Waals surface area contributed by atoms with Crippen LogP contribution >= 0.6 is 0 Å². The van der Waals surface area contributed by atoms with Crippen LogP contribution in [0.2, 0.25) is 0 Å². The second kappa shape index (κ2) is 6.20. The summed E-state index contributed by atoms with van der Waals surface area (Å²) in [5.74, 6) is 1.87. The smallest absolute Gasteiger partial charge is 0.00566 e. The van der Waals surface area contributed by atoms with E-state index in [1.54, 1.807) is 0 Å². The van der Waals surface area contributed by atoms with Gasteiger partial charge in [-0.3, -0.25) is 0 Å². The molecular weight excluding hydrogens is 360 g/mol. The van der Waals surface area contributed by atoms with E-state index in [9.17, 15) is 0 Å². The van der Waals surface area contributed by atoms with Crippen molar-refractivity contribution in [2.75, 3.05) is 0 Å². The monoisotopic (exact) mass is 410 g/mol. The zero-order valence-electron chi connectivity index (χ0n) is 21.6. The molecule has 5 rings (SSSR count). The van der Waals surface area contributed by atoms with Crippen molar-refractivity contribution < 1.29 is 0 Å². The molecule has 170 valence electrons. The van der Waals surface area contributed by atoms with Gasteiger partial charge in [0.15, 0.2) is 0 Å². The second-order valence-corrected chi connectivity index (χ2v) is 15.1. The average Bonchev–Trinajstić information content (AvgIpc) is 2.63. The first-order valence-corrected chi connectivity index (χ1v) is 13.5. The fourth-order valence-corrected chi connectivity index (χ4v) is 10.6. The van der Waals surface area contributed by atoms with E-state index in [0.717, 1.165) is 11.8 Å². The summed E-state index contributed by atoms with van der Waals surface area (Å²) in [6.45, 7) is 21.2. The lowest BCUT2D eigenvalue weighted by molar-refractivity contribution is -0.180. The van der Waals surface area contributed by atoms with E-state index in [0.29, 0.717) is 32.5 Å². The zero-order valence-corrected chi connectivity index (χ0v) is 21.6. The lowest BCUT2D eigenvalue weighted by Gasteiger charge is -2.70. The number of hydrogen-bond acceptors (Lipinski definition) is 0. The summed E-state index contributed by atoms with van der Waals surface area (Å²) >= 11 is 0. The highest BCUT2D eigenvalue weighted by Gasteiger charge is 2.66. The summed E-state index contributed by atoms with van der Waals surface area (Å²) < 4.78 is 0. The van der Waals surface area contributed by atoms with Gasteiger partial charge in [0.1, 0.15) is 0 Å². The molecule has 5 aliphatic rings. The van der Waals surface area contributed by atoms with E-state index in [2.05, 4.69) is 55.4 Å². The third-order valence-electron chi connectivity index (χ3n) is 12.7. The van der Waals surface area contributed by atoms with Gasteiger partial charge in [-0.05, 0) is 115 Å². The number of fused-ring (bicyclic) bond motifs is 6. The molecule has 30 heavy (non-hydrogen) atoms. The molecule has 6 atom stereocenters. The highest BCUT2D eigenvalue weighted by molar-refractivity contribution is 5.37. The molecule has 0 amide bonds. The van der Waals surface area contributed by atoms with E-state index in [1.807, 2.05) is 11.1 Å². The van der Waals surface area contributed by atoms with Crippen molar-refractivity contribution in [2.24, 2.45) is 44.3 Å². The molecule has 4 saturated carbocycles. The normalized spacial score (nSPS) is 52.0. The molecule has 0 aromatic carbocycles. The maximum absolute atomic E-state index is 2.77. The predicted octanol–water partition coefficient (Wildman–Crippen LogP) is 9.34.